The van der Waals surface area contributed by atoms with Crippen LogP contribution in [0.3, 0.4) is 0 Å². The maximum Gasteiger partial charge on any atom is 0.271 e. The molecule has 0 aliphatic heterocycles. The number of benzene rings is 1. The first-order valence-electron chi connectivity index (χ1n) is 6.89. The van der Waals surface area contributed by atoms with E-state index in [1.165, 1.54) is 11.3 Å². The van der Waals surface area contributed by atoms with E-state index in [1.807, 2.05) is 24.3 Å². The van der Waals surface area contributed by atoms with Gasteiger partial charge in [-0.05, 0) is 17.7 Å². The molecule has 1 aromatic carbocycles. The maximum atomic E-state index is 12.2. The van der Waals surface area contributed by atoms with E-state index in [2.05, 4.69) is 20.3 Å². The Morgan fingerprint density at radius 3 is 3.04 bits per heavy atom. The molecule has 1 N–H and O–H groups in total. The number of nitrogens with zero attached hydrogens (tertiary/aromatic N) is 3. The SMILES string of the molecule is COc1cccc(CNC(=O)c2csc(-c3cnccn3)n2)c1. The summed E-state index contributed by atoms with van der Waals surface area (Å²) in [6.07, 6.45) is 4.81. The Kier molecular flexibility index (Phi) is 4.58. The lowest BCUT2D eigenvalue weighted by Crippen LogP contribution is -2.23. The summed E-state index contributed by atoms with van der Waals surface area (Å²) in [6.45, 7) is 0.411. The van der Waals surface area contributed by atoms with Crippen LogP contribution in [-0.4, -0.2) is 28.0 Å². The molecule has 0 aliphatic carbocycles. The predicted molar refractivity (Wildman–Crippen MR) is 87.3 cm³/mol. The summed E-state index contributed by atoms with van der Waals surface area (Å²) in [5.41, 5.74) is 1.99. The number of nitrogens with one attached hydrogen (secondary N) is 1. The van der Waals surface area contributed by atoms with Gasteiger partial charge < -0.3 is 10.1 Å². The fourth-order valence-corrected chi connectivity index (χ4v) is 2.72. The van der Waals surface area contributed by atoms with Crippen molar-refractivity contribution < 1.29 is 9.53 Å². The van der Waals surface area contributed by atoms with Gasteiger partial charge in [0, 0.05) is 24.3 Å². The van der Waals surface area contributed by atoms with Crippen LogP contribution < -0.4 is 10.1 Å². The smallest absolute Gasteiger partial charge is 0.271 e. The van der Waals surface area contributed by atoms with Crippen LogP contribution in [0.25, 0.3) is 10.7 Å². The van der Waals surface area contributed by atoms with Gasteiger partial charge in [-0.3, -0.25) is 14.8 Å². The Hall–Kier alpha value is -2.80. The summed E-state index contributed by atoms with van der Waals surface area (Å²) in [5, 5.41) is 5.23. The summed E-state index contributed by atoms with van der Waals surface area (Å²) in [4.78, 5) is 24.7. The second-order valence-corrected chi connectivity index (χ2v) is 5.52. The maximum absolute atomic E-state index is 12.2. The Bertz CT molecular complexity index is 805. The van der Waals surface area contributed by atoms with Gasteiger partial charge in [0.15, 0.2) is 0 Å². The van der Waals surface area contributed by atoms with Crippen molar-refractivity contribution in [3.8, 4) is 16.5 Å². The number of rotatable bonds is 5. The van der Waals surface area contributed by atoms with Gasteiger partial charge in [0.05, 0.1) is 13.3 Å². The molecule has 0 atom stereocenters. The molecule has 2 heterocycles. The van der Waals surface area contributed by atoms with Crippen LogP contribution in [0.4, 0.5) is 0 Å². The zero-order valence-electron chi connectivity index (χ0n) is 12.4. The average Bonchev–Trinajstić information content (AvgIpc) is 3.11. The average molecular weight is 326 g/mol. The third-order valence-corrected chi connectivity index (χ3v) is 3.97. The molecule has 116 valence electrons. The second-order valence-electron chi connectivity index (χ2n) is 4.66. The number of hydrogen-bond acceptors (Lipinski definition) is 6. The molecule has 3 rings (SSSR count). The molecule has 0 aliphatic rings. The largest absolute Gasteiger partial charge is 0.497 e. The van der Waals surface area contributed by atoms with Crippen LogP contribution in [-0.2, 0) is 6.54 Å². The standard InChI is InChI=1S/C16H14N4O2S/c1-22-12-4-2-3-11(7-12)8-19-15(21)14-10-23-16(20-14)13-9-17-5-6-18-13/h2-7,9-10H,8H2,1H3,(H,19,21). The molecule has 0 radical (unpaired) electrons. The van der Waals surface area contributed by atoms with E-state index in [0.717, 1.165) is 11.3 Å². The number of hydrogen-bond donors (Lipinski definition) is 1. The molecule has 0 spiro atoms. The summed E-state index contributed by atoms with van der Waals surface area (Å²) >= 11 is 1.36. The number of carbonyl (C=O) groups excluding carboxylic acids is 1. The zero-order chi connectivity index (χ0) is 16.1. The van der Waals surface area contributed by atoms with Crippen molar-refractivity contribution in [3.63, 3.8) is 0 Å². The first kappa shape index (κ1) is 15.1. The van der Waals surface area contributed by atoms with E-state index in [-0.39, 0.29) is 5.91 Å². The van der Waals surface area contributed by atoms with Crippen LogP contribution in [0.1, 0.15) is 16.1 Å². The summed E-state index contributed by atoms with van der Waals surface area (Å²) in [5.74, 6) is 0.537. The van der Waals surface area contributed by atoms with Gasteiger partial charge in [0.1, 0.15) is 22.1 Å². The Morgan fingerprint density at radius 2 is 2.26 bits per heavy atom. The van der Waals surface area contributed by atoms with Crippen molar-refractivity contribution in [1.29, 1.82) is 0 Å². The highest BCUT2D eigenvalue weighted by Gasteiger charge is 2.12. The molecule has 7 heteroatoms. The molecule has 3 aromatic rings. The fourth-order valence-electron chi connectivity index (χ4n) is 1.96. The van der Waals surface area contributed by atoms with Crippen molar-refractivity contribution in [2.24, 2.45) is 0 Å². The predicted octanol–water partition coefficient (Wildman–Crippen LogP) is 2.54. The van der Waals surface area contributed by atoms with Crippen molar-refractivity contribution in [3.05, 3.63) is 59.5 Å². The van der Waals surface area contributed by atoms with E-state index in [4.69, 9.17) is 4.74 Å². The molecule has 1 amide bonds. The van der Waals surface area contributed by atoms with E-state index < -0.39 is 0 Å². The van der Waals surface area contributed by atoms with Gasteiger partial charge in [-0.15, -0.1) is 11.3 Å². The van der Waals surface area contributed by atoms with Crippen LogP contribution in [0.2, 0.25) is 0 Å². The molecule has 2 aromatic heterocycles. The zero-order valence-corrected chi connectivity index (χ0v) is 13.2. The van der Waals surface area contributed by atoms with E-state index in [1.54, 1.807) is 31.1 Å². The summed E-state index contributed by atoms with van der Waals surface area (Å²) in [6, 6.07) is 7.55. The van der Waals surface area contributed by atoms with Crippen molar-refractivity contribution in [1.82, 2.24) is 20.3 Å². The molecule has 0 unspecified atom stereocenters. The number of carbonyl (C=O) groups is 1. The van der Waals surface area contributed by atoms with Gasteiger partial charge in [-0.1, -0.05) is 12.1 Å². The Morgan fingerprint density at radius 1 is 1.35 bits per heavy atom. The van der Waals surface area contributed by atoms with Crippen molar-refractivity contribution >= 4 is 17.2 Å². The molecule has 6 nitrogen and oxygen atoms in total. The van der Waals surface area contributed by atoms with Crippen LogP contribution in [0.5, 0.6) is 5.75 Å². The number of methoxy groups -OCH3 is 1. The molecule has 0 fully saturated rings. The topological polar surface area (TPSA) is 77.0 Å². The monoisotopic (exact) mass is 326 g/mol. The van der Waals surface area contributed by atoms with Crippen LogP contribution >= 0.6 is 11.3 Å². The molecular weight excluding hydrogens is 312 g/mol. The normalized spacial score (nSPS) is 10.3. The molecule has 0 bridgehead atoms. The minimum absolute atomic E-state index is 0.223. The lowest BCUT2D eigenvalue weighted by atomic mass is 10.2. The number of aromatic nitrogens is 3. The first-order valence-corrected chi connectivity index (χ1v) is 7.77. The third-order valence-electron chi connectivity index (χ3n) is 3.11. The van der Waals surface area contributed by atoms with E-state index in [9.17, 15) is 4.79 Å². The van der Waals surface area contributed by atoms with Gasteiger partial charge >= 0.3 is 0 Å². The van der Waals surface area contributed by atoms with Crippen LogP contribution in [0, 0.1) is 0 Å². The highest BCUT2D eigenvalue weighted by molar-refractivity contribution is 7.13. The number of thiazole rings is 1. The lowest BCUT2D eigenvalue weighted by Gasteiger charge is -2.05. The van der Waals surface area contributed by atoms with E-state index >= 15 is 0 Å². The Balaban J connectivity index is 1.66. The number of ether oxygens (including phenoxy) is 1. The molecule has 0 saturated carbocycles. The highest BCUT2D eigenvalue weighted by atomic mass is 32.1. The molecule has 0 saturated heterocycles. The van der Waals surface area contributed by atoms with E-state index in [0.29, 0.717) is 22.9 Å². The second kappa shape index (κ2) is 6.97. The van der Waals surface area contributed by atoms with Crippen molar-refractivity contribution in [2.45, 2.75) is 6.54 Å². The van der Waals surface area contributed by atoms with Crippen LogP contribution in [0.15, 0.2) is 48.2 Å². The quantitative estimate of drug-likeness (QED) is 0.779. The lowest BCUT2D eigenvalue weighted by molar-refractivity contribution is 0.0946. The summed E-state index contributed by atoms with van der Waals surface area (Å²) in [7, 11) is 1.61. The number of amides is 1. The van der Waals surface area contributed by atoms with Gasteiger partial charge in [-0.2, -0.15) is 0 Å². The third kappa shape index (κ3) is 3.70. The summed E-state index contributed by atoms with van der Waals surface area (Å²) < 4.78 is 5.16. The van der Waals surface area contributed by atoms with Crippen molar-refractivity contribution in [2.75, 3.05) is 7.11 Å². The minimum atomic E-state index is -0.223. The van der Waals surface area contributed by atoms with Gasteiger partial charge in [-0.25, -0.2) is 4.98 Å². The van der Waals surface area contributed by atoms with Gasteiger partial charge in [0.2, 0.25) is 0 Å². The highest BCUT2D eigenvalue weighted by Crippen LogP contribution is 2.20. The first-order chi connectivity index (χ1) is 11.3. The minimum Gasteiger partial charge on any atom is -0.497 e. The fraction of sp³-hybridized carbons (Fsp3) is 0.125. The molecular formula is C16H14N4O2S. The van der Waals surface area contributed by atoms with Gasteiger partial charge in [0.25, 0.3) is 5.91 Å². The molecule has 23 heavy (non-hydrogen) atoms. The Labute approximate surface area is 137 Å².